The van der Waals surface area contributed by atoms with Gasteiger partial charge in [-0.15, -0.1) is 0 Å². The molecule has 3 fully saturated rings. The van der Waals surface area contributed by atoms with Crippen molar-refractivity contribution < 1.29 is 38.1 Å². The zero-order chi connectivity index (χ0) is 22.5. The van der Waals surface area contributed by atoms with Crippen LogP contribution in [0.5, 0.6) is 0 Å². The Morgan fingerprint density at radius 1 is 1.20 bits per heavy atom. The lowest BCUT2D eigenvalue weighted by atomic mass is 9.44. The van der Waals surface area contributed by atoms with Crippen LogP contribution >= 0.6 is 0 Å². The van der Waals surface area contributed by atoms with Crippen molar-refractivity contribution in [2.45, 2.75) is 63.3 Å². The summed E-state index contributed by atoms with van der Waals surface area (Å²) in [5.74, 6) is -7.88. The molecule has 0 saturated heterocycles. The van der Waals surface area contributed by atoms with Gasteiger partial charge in [-0.2, -0.15) is 0 Å². The molecule has 0 aliphatic heterocycles. The van der Waals surface area contributed by atoms with Gasteiger partial charge in [0.1, 0.15) is 12.2 Å². The molecule has 0 aromatic heterocycles. The minimum Gasteiger partial charge on any atom is -0.390 e. The largest absolute Gasteiger partial charge is 0.390 e. The molecule has 4 rings (SSSR count). The fraction of sp³-hybridized carbons (Fsp3) is 0.727. The number of hydrogen-bond donors (Lipinski definition) is 3. The first kappa shape index (κ1) is 21.7. The first-order chi connectivity index (χ1) is 13.7. The van der Waals surface area contributed by atoms with Crippen LogP contribution in [-0.2, 0) is 9.59 Å². The van der Waals surface area contributed by atoms with Crippen molar-refractivity contribution in [2.75, 3.05) is 6.61 Å². The van der Waals surface area contributed by atoms with Crippen molar-refractivity contribution in [3.63, 3.8) is 0 Å². The van der Waals surface area contributed by atoms with Crippen LogP contribution in [0.1, 0.15) is 40.0 Å². The molecular weight excluding hydrogens is 401 g/mol. The minimum atomic E-state index is -3.49. The Labute approximate surface area is 172 Å². The lowest BCUT2D eigenvalue weighted by Crippen LogP contribution is -2.71. The zero-order valence-corrected chi connectivity index (χ0v) is 17.2. The fourth-order valence-corrected chi connectivity index (χ4v) is 7.28. The van der Waals surface area contributed by atoms with E-state index in [2.05, 4.69) is 0 Å². The summed E-state index contributed by atoms with van der Waals surface area (Å²) in [6.45, 7) is 3.44. The molecule has 4 aliphatic carbocycles. The van der Waals surface area contributed by atoms with Crippen molar-refractivity contribution in [3.05, 3.63) is 23.8 Å². The van der Waals surface area contributed by atoms with Crippen LogP contribution < -0.4 is 0 Å². The van der Waals surface area contributed by atoms with Gasteiger partial charge in [-0.25, -0.2) is 13.2 Å². The summed E-state index contributed by atoms with van der Waals surface area (Å²) in [5.41, 5.74) is -8.49. The Hall–Kier alpha value is -1.51. The van der Waals surface area contributed by atoms with Gasteiger partial charge in [-0.05, 0) is 43.8 Å². The Morgan fingerprint density at radius 3 is 2.43 bits per heavy atom. The summed E-state index contributed by atoms with van der Waals surface area (Å²) < 4.78 is 47.4. The molecular formula is C22H27F3O5. The number of fused-ring (bicyclic) bond motifs is 5. The molecule has 4 aliphatic rings. The van der Waals surface area contributed by atoms with E-state index in [1.54, 1.807) is 6.92 Å². The third-order valence-corrected chi connectivity index (χ3v) is 8.80. The summed E-state index contributed by atoms with van der Waals surface area (Å²) in [4.78, 5) is 24.3. The molecule has 0 unspecified atom stereocenters. The summed E-state index contributed by atoms with van der Waals surface area (Å²) in [6.07, 6.45) is 0.0329. The van der Waals surface area contributed by atoms with Gasteiger partial charge >= 0.3 is 0 Å². The van der Waals surface area contributed by atoms with E-state index >= 15 is 13.2 Å². The molecule has 0 radical (unpaired) electrons. The van der Waals surface area contributed by atoms with E-state index in [1.165, 1.54) is 13.8 Å². The maximum Gasteiger partial charge on any atom is 0.271 e. The van der Waals surface area contributed by atoms with E-state index in [9.17, 15) is 24.9 Å². The maximum atomic E-state index is 16.9. The Bertz CT molecular complexity index is 884. The molecule has 30 heavy (non-hydrogen) atoms. The number of carbonyl (C=O) groups excluding carboxylic acids is 2. The van der Waals surface area contributed by atoms with Crippen LogP contribution in [0.15, 0.2) is 23.8 Å². The van der Waals surface area contributed by atoms with Crippen LogP contribution in [0.3, 0.4) is 0 Å². The van der Waals surface area contributed by atoms with Gasteiger partial charge in [-0.1, -0.05) is 19.9 Å². The highest BCUT2D eigenvalue weighted by Gasteiger charge is 2.78. The molecule has 3 N–H and O–H groups in total. The molecule has 166 valence electrons. The Balaban J connectivity index is 1.91. The number of allylic oxidation sites excluding steroid dienone is 4. The zero-order valence-electron chi connectivity index (χ0n) is 17.2. The second-order valence-corrected chi connectivity index (χ2v) is 10.0. The smallest absolute Gasteiger partial charge is 0.271 e. The highest BCUT2D eigenvalue weighted by molar-refractivity contribution is 6.01. The number of rotatable bonds is 2. The van der Waals surface area contributed by atoms with Gasteiger partial charge < -0.3 is 15.3 Å². The van der Waals surface area contributed by atoms with Gasteiger partial charge in [0.15, 0.2) is 17.2 Å². The lowest BCUT2D eigenvalue weighted by molar-refractivity contribution is -0.240. The quantitative estimate of drug-likeness (QED) is 0.627. The summed E-state index contributed by atoms with van der Waals surface area (Å²) in [5, 5.41) is 31.8. The molecule has 0 aromatic rings. The Morgan fingerprint density at radius 2 is 1.83 bits per heavy atom. The van der Waals surface area contributed by atoms with Gasteiger partial charge in [0.25, 0.3) is 5.92 Å². The molecule has 0 heterocycles. The number of ketones is 2. The predicted molar refractivity (Wildman–Crippen MR) is 100 cm³/mol. The lowest BCUT2D eigenvalue weighted by Gasteiger charge is -2.63. The van der Waals surface area contributed by atoms with Crippen molar-refractivity contribution in [2.24, 2.45) is 28.6 Å². The normalized spacial score (nSPS) is 51.6. The van der Waals surface area contributed by atoms with Crippen LogP contribution in [0.25, 0.3) is 0 Å². The molecule has 5 nitrogen and oxygen atoms in total. The first-order valence-corrected chi connectivity index (χ1v) is 10.3. The highest BCUT2D eigenvalue weighted by Crippen LogP contribution is 2.72. The van der Waals surface area contributed by atoms with E-state index in [0.717, 1.165) is 18.2 Å². The molecule has 3 saturated carbocycles. The second-order valence-electron chi connectivity index (χ2n) is 10.0. The third-order valence-electron chi connectivity index (χ3n) is 8.80. The van der Waals surface area contributed by atoms with E-state index < -0.39 is 82.0 Å². The van der Waals surface area contributed by atoms with Gasteiger partial charge in [-0.3, -0.25) is 9.59 Å². The molecule has 0 amide bonds. The van der Waals surface area contributed by atoms with Gasteiger partial charge in [0.2, 0.25) is 0 Å². The first-order valence-electron chi connectivity index (χ1n) is 10.3. The Kier molecular flexibility index (Phi) is 4.37. The number of alkyl halides is 3. The molecule has 0 aromatic carbocycles. The average molecular weight is 428 g/mol. The van der Waals surface area contributed by atoms with E-state index in [0.29, 0.717) is 0 Å². The monoisotopic (exact) mass is 428 g/mol. The fourth-order valence-electron chi connectivity index (χ4n) is 7.28. The van der Waals surface area contributed by atoms with Crippen LogP contribution in [0, 0.1) is 28.6 Å². The number of aliphatic hydroxyl groups excluding tert-OH is 2. The minimum absolute atomic E-state index is 0.107. The number of hydrogen-bond acceptors (Lipinski definition) is 5. The molecule has 8 atom stereocenters. The number of Topliss-reactive ketones (excluding diaryl/α,β-unsaturated/α-hetero) is 1. The predicted octanol–water partition coefficient (Wildman–Crippen LogP) is 2.14. The van der Waals surface area contributed by atoms with Crippen molar-refractivity contribution in [1.29, 1.82) is 0 Å². The third kappa shape index (κ3) is 2.20. The number of halogens is 3. The second kappa shape index (κ2) is 6.04. The molecule has 8 heteroatoms. The summed E-state index contributed by atoms with van der Waals surface area (Å²) in [6, 6.07) is 0. The van der Waals surface area contributed by atoms with Crippen LogP contribution in [0.2, 0.25) is 0 Å². The number of carbonyl (C=O) groups is 2. The van der Waals surface area contributed by atoms with Crippen LogP contribution in [-0.4, -0.2) is 56.8 Å². The highest BCUT2D eigenvalue weighted by atomic mass is 19.3. The van der Waals surface area contributed by atoms with Crippen molar-refractivity contribution >= 4 is 11.6 Å². The topological polar surface area (TPSA) is 94.8 Å². The van der Waals surface area contributed by atoms with E-state index in [-0.39, 0.29) is 12.8 Å². The van der Waals surface area contributed by atoms with E-state index in [1.807, 2.05) is 0 Å². The van der Waals surface area contributed by atoms with Crippen molar-refractivity contribution in [1.82, 2.24) is 0 Å². The standard InChI is InChI=1S/C22H27F3O5/c1-11-6-13-14-8-20(23,24)15-7-12(27)4-5-18(15,2)21(14,25)16(28)9-19(13,3)22(11,30)17(29)10-26/h4-5,7,11,13-14,16,26,28,30H,6,8-10H2,1-3H3/t11-,13+,14+,16+,18+,19+,21+,22+/m1/s1. The molecule has 0 spiro atoms. The summed E-state index contributed by atoms with van der Waals surface area (Å²) in [7, 11) is 0. The van der Waals surface area contributed by atoms with Crippen LogP contribution in [0.4, 0.5) is 13.2 Å². The van der Waals surface area contributed by atoms with Crippen molar-refractivity contribution in [3.8, 4) is 0 Å². The van der Waals surface area contributed by atoms with E-state index in [4.69, 9.17) is 0 Å². The molecule has 0 bridgehead atoms. The summed E-state index contributed by atoms with van der Waals surface area (Å²) >= 11 is 0. The number of aliphatic hydroxyl groups is 3. The SMILES string of the molecule is C[C@@H]1C[C@H]2[C@@H]3CC(F)(F)C4=CC(=O)C=C[C@]4(C)[C@@]3(F)[C@@H](O)C[C@]2(C)[C@@]1(O)C(=O)CO. The van der Waals surface area contributed by atoms with Gasteiger partial charge in [0.05, 0.1) is 11.5 Å². The maximum absolute atomic E-state index is 16.9. The van der Waals surface area contributed by atoms with Gasteiger partial charge in [0, 0.05) is 23.3 Å². The average Bonchev–Trinajstić information content (AvgIpc) is 2.87.